The van der Waals surface area contributed by atoms with Gasteiger partial charge >= 0.3 is 0 Å². The van der Waals surface area contributed by atoms with Crippen molar-refractivity contribution in [2.24, 2.45) is 5.16 Å². The summed E-state index contributed by atoms with van der Waals surface area (Å²) in [6, 6.07) is 10.5. The number of hydrogen-bond donors (Lipinski definition) is 0. The second kappa shape index (κ2) is 5.49. The third-order valence-corrected chi connectivity index (χ3v) is 1.43. The summed E-state index contributed by atoms with van der Waals surface area (Å²) < 4.78 is 0. The van der Waals surface area contributed by atoms with Gasteiger partial charge in [-0.05, 0) is 0 Å². The van der Waals surface area contributed by atoms with Crippen LogP contribution in [0.1, 0.15) is 5.56 Å². The summed E-state index contributed by atoms with van der Waals surface area (Å²) in [5.74, 6) is 0. The van der Waals surface area contributed by atoms with Gasteiger partial charge in [0.25, 0.3) is 6.29 Å². The van der Waals surface area contributed by atoms with E-state index < -0.39 is 0 Å². The summed E-state index contributed by atoms with van der Waals surface area (Å²) in [7, 11) is 0. The molecule has 0 saturated heterocycles. The van der Waals surface area contributed by atoms with Crippen LogP contribution >= 0.6 is 0 Å². The molecule has 0 aliphatic rings. The Hall–Kier alpha value is -2.15. The molecule has 0 aliphatic heterocycles. The molecule has 1 aromatic carbocycles. The molecule has 0 aromatic heterocycles. The fourth-order valence-corrected chi connectivity index (χ4v) is 0.852. The molecule has 0 bridgehead atoms. The molecule has 0 spiro atoms. The lowest BCUT2D eigenvalue weighted by Gasteiger charge is -1.96. The van der Waals surface area contributed by atoms with Gasteiger partial charge in [-0.2, -0.15) is 5.26 Å². The van der Waals surface area contributed by atoms with Crippen LogP contribution in [-0.4, -0.2) is 18.6 Å². The van der Waals surface area contributed by atoms with E-state index in [-0.39, 0.29) is 12.3 Å². The Balaban J connectivity index is 2.78. The second-order valence-corrected chi connectivity index (χ2v) is 2.34. The van der Waals surface area contributed by atoms with Gasteiger partial charge in [0, 0.05) is 5.56 Å². The average Bonchev–Trinajstić information content (AvgIpc) is 2.26. The molecule has 4 nitrogen and oxygen atoms in total. The van der Waals surface area contributed by atoms with E-state index in [0.717, 1.165) is 0 Å². The van der Waals surface area contributed by atoms with Crippen LogP contribution in [0.4, 0.5) is 0 Å². The Morgan fingerprint density at radius 1 is 1.43 bits per heavy atom. The van der Waals surface area contributed by atoms with Crippen LogP contribution in [0.15, 0.2) is 35.5 Å². The highest BCUT2D eigenvalue weighted by Gasteiger charge is 2.02. The monoisotopic (exact) mass is 187 g/mol. The Morgan fingerprint density at radius 3 is 2.71 bits per heavy atom. The molecule has 1 radical (unpaired) electrons. The lowest BCUT2D eigenvalue weighted by Crippen LogP contribution is -2.03. The maximum absolute atomic E-state index is 10.5. The molecular weight excluding hydrogens is 180 g/mol. The van der Waals surface area contributed by atoms with E-state index in [1.54, 1.807) is 36.6 Å². The van der Waals surface area contributed by atoms with E-state index in [2.05, 4.69) is 9.99 Å². The molecule has 0 N–H and O–H groups in total. The van der Waals surface area contributed by atoms with Crippen LogP contribution in [0.25, 0.3) is 0 Å². The van der Waals surface area contributed by atoms with Crippen molar-refractivity contribution in [3.8, 4) is 6.07 Å². The first-order chi connectivity index (χ1) is 6.88. The van der Waals surface area contributed by atoms with Crippen LogP contribution in [-0.2, 0) is 9.63 Å². The number of carbonyl (C=O) groups excluding carboxylic acids is 1. The van der Waals surface area contributed by atoms with Crippen molar-refractivity contribution in [3.05, 3.63) is 35.9 Å². The molecular formula is C10H7N2O2. The maximum Gasteiger partial charge on any atom is 0.257 e. The van der Waals surface area contributed by atoms with Crippen LogP contribution in [0.5, 0.6) is 0 Å². The summed E-state index contributed by atoms with van der Waals surface area (Å²) in [6.07, 6.45) is 1.64. The normalized spacial score (nSPS) is 10.4. The second-order valence-electron chi connectivity index (χ2n) is 2.34. The minimum atomic E-state index is -0.183. The summed E-state index contributed by atoms with van der Waals surface area (Å²) in [4.78, 5) is 15.0. The van der Waals surface area contributed by atoms with E-state index in [4.69, 9.17) is 5.26 Å². The largest absolute Gasteiger partial charge is 0.380 e. The maximum atomic E-state index is 10.5. The molecule has 0 amide bonds. The topological polar surface area (TPSA) is 62.4 Å². The average molecular weight is 187 g/mol. The van der Waals surface area contributed by atoms with Crippen LogP contribution in [0, 0.1) is 11.3 Å². The van der Waals surface area contributed by atoms with Gasteiger partial charge in [-0.1, -0.05) is 35.5 Å². The summed E-state index contributed by atoms with van der Waals surface area (Å²) in [5, 5.41) is 11.7. The minimum Gasteiger partial charge on any atom is -0.380 e. The first kappa shape index (κ1) is 9.93. The van der Waals surface area contributed by atoms with Crippen LogP contribution in [0.3, 0.4) is 0 Å². The molecule has 14 heavy (non-hydrogen) atoms. The number of nitrogens with zero attached hydrogens (tertiary/aromatic N) is 2. The van der Waals surface area contributed by atoms with Gasteiger partial charge in [0.15, 0.2) is 5.71 Å². The molecule has 0 saturated carbocycles. The van der Waals surface area contributed by atoms with E-state index in [9.17, 15) is 4.79 Å². The molecule has 69 valence electrons. The molecule has 1 rings (SSSR count). The summed E-state index contributed by atoms with van der Waals surface area (Å²) >= 11 is 0. The molecule has 0 unspecified atom stereocenters. The standard InChI is InChI=1S/C10H7N2O2/c11-6-7-14-12-10(8-13)9-4-2-1-3-5-9/h1-5H,7H2/b12-10+. The SMILES string of the molecule is N#CCO/N=C(\[C]=O)c1ccccc1. The number of hydrogen-bond acceptors (Lipinski definition) is 4. The van der Waals surface area contributed by atoms with Gasteiger partial charge < -0.3 is 4.84 Å². The van der Waals surface area contributed by atoms with Crippen molar-refractivity contribution < 1.29 is 9.63 Å². The van der Waals surface area contributed by atoms with E-state index >= 15 is 0 Å². The van der Waals surface area contributed by atoms with E-state index in [0.29, 0.717) is 5.56 Å². The quantitative estimate of drug-likeness (QED) is 0.402. The Kier molecular flexibility index (Phi) is 3.89. The van der Waals surface area contributed by atoms with Crippen molar-refractivity contribution in [1.29, 1.82) is 5.26 Å². The van der Waals surface area contributed by atoms with Gasteiger partial charge in [0.2, 0.25) is 6.61 Å². The van der Waals surface area contributed by atoms with Crippen molar-refractivity contribution in [2.75, 3.05) is 6.61 Å². The predicted octanol–water partition coefficient (Wildman–Crippen LogP) is 1.04. The summed E-state index contributed by atoms with van der Waals surface area (Å²) in [6.45, 7) is -0.183. The van der Waals surface area contributed by atoms with Crippen molar-refractivity contribution >= 4 is 12.0 Å². The third kappa shape index (κ3) is 2.72. The fraction of sp³-hybridized carbons (Fsp3) is 0.100. The fourth-order valence-electron chi connectivity index (χ4n) is 0.852. The van der Waals surface area contributed by atoms with Crippen LogP contribution < -0.4 is 0 Å². The first-order valence-corrected chi connectivity index (χ1v) is 3.89. The molecule has 0 heterocycles. The van der Waals surface area contributed by atoms with Gasteiger partial charge in [-0.15, -0.1) is 0 Å². The van der Waals surface area contributed by atoms with Crippen LogP contribution in [0.2, 0.25) is 0 Å². The van der Waals surface area contributed by atoms with Gasteiger partial charge in [0.1, 0.15) is 6.07 Å². The zero-order chi connectivity index (χ0) is 10.2. The number of nitriles is 1. The molecule has 4 heteroatoms. The van der Waals surface area contributed by atoms with Crippen molar-refractivity contribution in [3.63, 3.8) is 0 Å². The lowest BCUT2D eigenvalue weighted by atomic mass is 10.1. The molecule has 0 atom stereocenters. The highest BCUT2D eigenvalue weighted by atomic mass is 16.6. The number of oxime groups is 1. The molecule has 1 aromatic rings. The van der Waals surface area contributed by atoms with Gasteiger partial charge in [0.05, 0.1) is 0 Å². The Morgan fingerprint density at radius 2 is 2.14 bits per heavy atom. The highest BCUT2D eigenvalue weighted by molar-refractivity contribution is 6.36. The predicted molar refractivity (Wildman–Crippen MR) is 50.2 cm³/mol. The van der Waals surface area contributed by atoms with E-state index in [1.165, 1.54) is 0 Å². The first-order valence-electron chi connectivity index (χ1n) is 3.89. The van der Waals surface area contributed by atoms with Crippen molar-refractivity contribution in [1.82, 2.24) is 0 Å². The zero-order valence-electron chi connectivity index (χ0n) is 7.30. The van der Waals surface area contributed by atoms with Crippen molar-refractivity contribution in [2.45, 2.75) is 0 Å². The highest BCUT2D eigenvalue weighted by Crippen LogP contribution is 1.99. The Bertz CT molecular complexity index is 365. The summed E-state index contributed by atoms with van der Waals surface area (Å²) in [5.41, 5.74) is 0.668. The van der Waals surface area contributed by atoms with Gasteiger partial charge in [-0.25, -0.2) is 0 Å². The molecule has 0 aliphatic carbocycles. The zero-order valence-corrected chi connectivity index (χ0v) is 7.30. The third-order valence-electron chi connectivity index (χ3n) is 1.43. The van der Waals surface area contributed by atoms with E-state index in [1.807, 2.05) is 6.07 Å². The minimum absolute atomic E-state index is 0.0563. The van der Waals surface area contributed by atoms with Gasteiger partial charge in [-0.3, -0.25) is 4.79 Å². The smallest absolute Gasteiger partial charge is 0.257 e. The number of benzene rings is 1. The number of rotatable bonds is 4. The lowest BCUT2D eigenvalue weighted by molar-refractivity contribution is 0.179. The Labute approximate surface area is 81.4 Å². The molecule has 0 fully saturated rings.